The lowest BCUT2D eigenvalue weighted by Gasteiger charge is -2.07. The number of ketones is 1. The smallest absolute Gasteiger partial charge is 0.245 e. The topological polar surface area (TPSA) is 87.8 Å². The zero-order valence-corrected chi connectivity index (χ0v) is 11.8. The number of amides is 1. The minimum absolute atomic E-state index is 0.109. The van der Waals surface area contributed by atoms with Crippen molar-refractivity contribution in [3.63, 3.8) is 0 Å². The molecule has 110 valence electrons. The van der Waals surface area contributed by atoms with Crippen molar-refractivity contribution >= 4 is 11.7 Å². The number of hydrogen-bond acceptors (Lipinski definition) is 4. The van der Waals surface area contributed by atoms with Gasteiger partial charge in [-0.25, -0.2) is 4.68 Å². The maximum Gasteiger partial charge on any atom is 0.245 e. The third-order valence-electron chi connectivity index (χ3n) is 3.44. The molecule has 0 radical (unpaired) electrons. The van der Waals surface area contributed by atoms with Gasteiger partial charge in [0.25, 0.3) is 0 Å². The van der Waals surface area contributed by atoms with Crippen molar-refractivity contribution < 1.29 is 9.59 Å². The highest BCUT2D eigenvalue weighted by atomic mass is 16.2. The lowest BCUT2D eigenvalue weighted by Crippen LogP contribution is -2.36. The number of Topliss-reactive ketones (excluding diaryl/α,β-unsaturated/α-hetero) is 1. The first-order chi connectivity index (χ1) is 10.7. The molecule has 22 heavy (non-hydrogen) atoms. The summed E-state index contributed by atoms with van der Waals surface area (Å²) in [5.74, 6) is -2.46. The summed E-state index contributed by atoms with van der Waals surface area (Å²) in [6, 6.07) is 12.7. The highest BCUT2D eigenvalue weighted by Crippen LogP contribution is 2.20. The molecule has 1 saturated carbocycles. The summed E-state index contributed by atoms with van der Waals surface area (Å²) in [7, 11) is 0. The van der Waals surface area contributed by atoms with Crippen LogP contribution in [-0.4, -0.2) is 27.5 Å². The van der Waals surface area contributed by atoms with Crippen molar-refractivity contribution in [1.29, 1.82) is 5.26 Å². The van der Waals surface area contributed by atoms with Gasteiger partial charge in [0.2, 0.25) is 11.7 Å². The molecule has 3 rings (SSSR count). The van der Waals surface area contributed by atoms with E-state index in [4.69, 9.17) is 5.26 Å². The van der Waals surface area contributed by atoms with Crippen LogP contribution in [0.25, 0.3) is 5.69 Å². The lowest BCUT2D eigenvalue weighted by atomic mass is 10.0. The summed E-state index contributed by atoms with van der Waals surface area (Å²) in [5.41, 5.74) is 0.916. The van der Waals surface area contributed by atoms with Crippen LogP contribution in [0, 0.1) is 17.2 Å². The molecular formula is C16H14N4O2. The molecule has 0 spiro atoms. The summed E-state index contributed by atoms with van der Waals surface area (Å²) < 4.78 is 1.54. The predicted molar refractivity (Wildman–Crippen MR) is 78.2 cm³/mol. The molecule has 1 aromatic carbocycles. The Balaban J connectivity index is 1.78. The van der Waals surface area contributed by atoms with Crippen LogP contribution in [0.15, 0.2) is 42.6 Å². The van der Waals surface area contributed by atoms with Gasteiger partial charge in [0.05, 0.1) is 11.8 Å². The molecule has 1 atom stereocenters. The summed E-state index contributed by atoms with van der Waals surface area (Å²) in [6.45, 7) is 0. The van der Waals surface area contributed by atoms with E-state index in [9.17, 15) is 9.59 Å². The maximum absolute atomic E-state index is 12.3. The fraction of sp³-hybridized carbons (Fsp3) is 0.250. The van der Waals surface area contributed by atoms with E-state index in [1.54, 1.807) is 16.9 Å². The van der Waals surface area contributed by atoms with E-state index in [0.29, 0.717) is 0 Å². The van der Waals surface area contributed by atoms with Gasteiger partial charge >= 0.3 is 0 Å². The molecule has 1 N–H and O–H groups in total. The number of aromatic nitrogens is 2. The predicted octanol–water partition coefficient (Wildman–Crippen LogP) is 1.47. The van der Waals surface area contributed by atoms with Crippen molar-refractivity contribution in [2.45, 2.75) is 18.9 Å². The second kappa shape index (κ2) is 5.82. The number of nitrogens with zero attached hydrogens (tertiary/aromatic N) is 3. The van der Waals surface area contributed by atoms with Crippen molar-refractivity contribution in [3.05, 3.63) is 48.3 Å². The number of benzene rings is 1. The molecule has 1 aromatic heterocycles. The van der Waals surface area contributed by atoms with Crippen LogP contribution in [0.5, 0.6) is 0 Å². The quantitative estimate of drug-likeness (QED) is 0.668. The van der Waals surface area contributed by atoms with Gasteiger partial charge < -0.3 is 5.32 Å². The number of hydrogen-bond donors (Lipinski definition) is 1. The fourth-order valence-electron chi connectivity index (χ4n) is 2.08. The van der Waals surface area contributed by atoms with Crippen molar-refractivity contribution in [1.82, 2.24) is 15.1 Å². The molecule has 0 aliphatic heterocycles. The molecule has 1 heterocycles. The Morgan fingerprint density at radius 2 is 2.00 bits per heavy atom. The lowest BCUT2D eigenvalue weighted by molar-refractivity contribution is -0.122. The second-order valence-corrected chi connectivity index (χ2v) is 5.19. The van der Waals surface area contributed by atoms with Gasteiger partial charge in [0.1, 0.15) is 5.69 Å². The Bertz CT molecular complexity index is 741. The number of nitriles is 1. The van der Waals surface area contributed by atoms with Crippen molar-refractivity contribution in [2.75, 3.05) is 0 Å². The maximum atomic E-state index is 12.3. The van der Waals surface area contributed by atoms with Gasteiger partial charge in [-0.1, -0.05) is 18.2 Å². The molecule has 0 saturated heterocycles. The van der Waals surface area contributed by atoms with Crippen molar-refractivity contribution in [2.24, 2.45) is 5.92 Å². The Morgan fingerprint density at radius 3 is 2.64 bits per heavy atom. The van der Waals surface area contributed by atoms with Crippen LogP contribution in [0.4, 0.5) is 0 Å². The van der Waals surface area contributed by atoms with E-state index in [1.807, 2.05) is 30.3 Å². The van der Waals surface area contributed by atoms with Gasteiger partial charge in [-0.3, -0.25) is 9.59 Å². The Labute approximate surface area is 127 Å². The van der Waals surface area contributed by atoms with Crippen LogP contribution >= 0.6 is 0 Å². The second-order valence-electron chi connectivity index (χ2n) is 5.19. The standard InChI is InChI=1S/C16H14N4O2/c17-10-13(16(22)18-11-6-7-11)15(21)14-8-9-20(19-14)12-4-2-1-3-5-12/h1-5,8-9,11,13H,6-7H2,(H,18,22)/t13-/m1/s1. The van der Waals surface area contributed by atoms with Crippen LogP contribution in [0.2, 0.25) is 0 Å². The Kier molecular flexibility index (Phi) is 3.71. The zero-order chi connectivity index (χ0) is 15.5. The normalized spacial score (nSPS) is 14.9. The third-order valence-corrected chi connectivity index (χ3v) is 3.44. The molecule has 1 aliphatic rings. The van der Waals surface area contributed by atoms with Gasteiger partial charge in [-0.2, -0.15) is 10.4 Å². The molecule has 1 fully saturated rings. The summed E-state index contributed by atoms with van der Waals surface area (Å²) in [5, 5.41) is 16.0. The van der Waals surface area contributed by atoms with Crippen LogP contribution in [0.3, 0.4) is 0 Å². The molecule has 0 bridgehead atoms. The Morgan fingerprint density at radius 1 is 1.27 bits per heavy atom. The largest absolute Gasteiger partial charge is 0.352 e. The summed E-state index contributed by atoms with van der Waals surface area (Å²) in [6.07, 6.45) is 3.44. The number of carbonyl (C=O) groups is 2. The first-order valence-electron chi connectivity index (χ1n) is 7.04. The average Bonchev–Trinajstić information content (AvgIpc) is 3.20. The number of para-hydroxylation sites is 1. The third kappa shape index (κ3) is 2.88. The number of carbonyl (C=O) groups excluding carboxylic acids is 2. The molecule has 1 aliphatic carbocycles. The van der Waals surface area contributed by atoms with E-state index >= 15 is 0 Å². The van der Waals surface area contributed by atoms with Crippen LogP contribution in [0.1, 0.15) is 23.3 Å². The van der Waals surface area contributed by atoms with Gasteiger partial charge in [-0.15, -0.1) is 0 Å². The molecule has 6 heteroatoms. The molecule has 0 unspecified atom stereocenters. The van der Waals surface area contributed by atoms with Crippen molar-refractivity contribution in [3.8, 4) is 11.8 Å². The SMILES string of the molecule is N#C[C@@H](C(=O)NC1CC1)C(=O)c1ccn(-c2ccccc2)n1. The minimum Gasteiger partial charge on any atom is -0.352 e. The Hall–Kier alpha value is -2.94. The van der Waals surface area contributed by atoms with E-state index in [1.165, 1.54) is 6.07 Å². The highest BCUT2D eigenvalue weighted by Gasteiger charge is 2.33. The number of rotatable bonds is 5. The highest BCUT2D eigenvalue weighted by molar-refractivity contribution is 6.11. The van der Waals surface area contributed by atoms with Gasteiger partial charge in [-0.05, 0) is 31.0 Å². The molecular weight excluding hydrogens is 280 g/mol. The summed E-state index contributed by atoms with van der Waals surface area (Å²) in [4.78, 5) is 24.2. The monoisotopic (exact) mass is 294 g/mol. The fourth-order valence-corrected chi connectivity index (χ4v) is 2.08. The van der Waals surface area contributed by atoms with E-state index in [-0.39, 0.29) is 11.7 Å². The molecule has 6 nitrogen and oxygen atoms in total. The minimum atomic E-state index is -1.35. The first-order valence-corrected chi connectivity index (χ1v) is 7.04. The van der Waals surface area contributed by atoms with E-state index < -0.39 is 17.6 Å². The van der Waals surface area contributed by atoms with Crippen LogP contribution < -0.4 is 5.32 Å². The molecule has 1 amide bonds. The average molecular weight is 294 g/mol. The number of nitrogens with one attached hydrogen (secondary N) is 1. The van der Waals surface area contributed by atoms with Gasteiger partial charge in [0, 0.05) is 12.2 Å². The van der Waals surface area contributed by atoms with Gasteiger partial charge in [0.15, 0.2) is 5.92 Å². The summed E-state index contributed by atoms with van der Waals surface area (Å²) >= 11 is 0. The van der Waals surface area contributed by atoms with E-state index in [0.717, 1.165) is 18.5 Å². The first kappa shape index (κ1) is 14.0. The zero-order valence-electron chi connectivity index (χ0n) is 11.8. The van der Waals surface area contributed by atoms with Crippen LogP contribution in [-0.2, 0) is 4.79 Å². The van der Waals surface area contributed by atoms with E-state index in [2.05, 4.69) is 10.4 Å². The molecule has 2 aromatic rings.